The highest BCUT2D eigenvalue weighted by Gasteiger charge is 2.35. The molecule has 7 nitrogen and oxygen atoms in total. The molecule has 3 rings (SSSR count). The van der Waals surface area contributed by atoms with Crippen LogP contribution in [-0.4, -0.2) is 49.3 Å². The molecule has 0 bridgehead atoms. The van der Waals surface area contributed by atoms with E-state index >= 15 is 0 Å². The van der Waals surface area contributed by atoms with Crippen molar-refractivity contribution in [2.24, 2.45) is 0 Å². The van der Waals surface area contributed by atoms with E-state index in [9.17, 15) is 9.59 Å². The van der Waals surface area contributed by atoms with Crippen LogP contribution in [-0.2, 0) is 19.1 Å². The summed E-state index contributed by atoms with van der Waals surface area (Å²) in [6, 6.07) is 5.62. The number of fused-ring (bicyclic) bond motifs is 1. The van der Waals surface area contributed by atoms with Gasteiger partial charge in [0, 0.05) is 17.0 Å². The molecule has 1 aliphatic heterocycles. The van der Waals surface area contributed by atoms with Crippen molar-refractivity contribution in [1.82, 2.24) is 4.98 Å². The lowest BCUT2D eigenvalue weighted by molar-refractivity contribution is -0.145. The van der Waals surface area contributed by atoms with E-state index < -0.39 is 12.1 Å². The first-order chi connectivity index (χ1) is 13.9. The number of aryl methyl sites for hydroxylation is 2. The molecular formula is C21H26N2O5S. The predicted octanol–water partition coefficient (Wildman–Crippen LogP) is 3.51. The second kappa shape index (κ2) is 9.37. The lowest BCUT2D eigenvalue weighted by atomic mass is 10.1. The zero-order chi connectivity index (χ0) is 21.0. The molecular weight excluding hydrogens is 392 g/mol. The van der Waals surface area contributed by atoms with Crippen molar-refractivity contribution in [2.75, 3.05) is 31.3 Å². The number of benzene rings is 1. The van der Waals surface area contributed by atoms with Gasteiger partial charge >= 0.3 is 5.97 Å². The molecule has 1 amide bonds. The van der Waals surface area contributed by atoms with Gasteiger partial charge in [-0.15, -0.1) is 11.3 Å². The van der Waals surface area contributed by atoms with E-state index in [-0.39, 0.29) is 19.1 Å². The van der Waals surface area contributed by atoms with Gasteiger partial charge in [-0.2, -0.15) is 0 Å². The molecule has 8 heteroatoms. The van der Waals surface area contributed by atoms with Crippen LogP contribution in [0, 0.1) is 13.8 Å². The van der Waals surface area contributed by atoms with Crippen LogP contribution >= 0.6 is 11.3 Å². The second-order valence-electron chi connectivity index (χ2n) is 6.68. The Morgan fingerprint density at radius 3 is 2.72 bits per heavy atom. The summed E-state index contributed by atoms with van der Waals surface area (Å²) < 4.78 is 16.3. The average Bonchev–Trinajstić information content (AvgIpc) is 3.05. The van der Waals surface area contributed by atoms with E-state index in [1.165, 1.54) is 4.90 Å². The Bertz CT molecular complexity index is 895. The Morgan fingerprint density at radius 1 is 1.28 bits per heavy atom. The molecule has 0 saturated heterocycles. The number of aromatic nitrogens is 1. The van der Waals surface area contributed by atoms with E-state index in [4.69, 9.17) is 14.2 Å². The van der Waals surface area contributed by atoms with Crippen LogP contribution in [0.25, 0.3) is 11.3 Å². The van der Waals surface area contributed by atoms with Crippen molar-refractivity contribution in [3.05, 3.63) is 28.1 Å². The fourth-order valence-corrected chi connectivity index (χ4v) is 4.06. The molecule has 1 unspecified atom stereocenters. The van der Waals surface area contributed by atoms with E-state index in [1.54, 1.807) is 11.3 Å². The van der Waals surface area contributed by atoms with Crippen LogP contribution in [0.2, 0.25) is 0 Å². The van der Waals surface area contributed by atoms with E-state index in [2.05, 4.69) is 4.98 Å². The number of nitrogens with zero attached hydrogens (tertiary/aromatic N) is 2. The molecule has 1 atom stereocenters. The summed E-state index contributed by atoms with van der Waals surface area (Å²) in [5.41, 5.74) is 2.32. The van der Waals surface area contributed by atoms with Gasteiger partial charge in [-0.1, -0.05) is 6.92 Å². The third-order valence-electron chi connectivity index (χ3n) is 4.59. The number of carbonyl (C=O) groups excluding carboxylic acids is 2. The van der Waals surface area contributed by atoms with Gasteiger partial charge in [-0.05, 0) is 45.4 Å². The summed E-state index contributed by atoms with van der Waals surface area (Å²) in [4.78, 5) is 32.4. The first-order valence-electron chi connectivity index (χ1n) is 9.74. The molecule has 2 heterocycles. The Morgan fingerprint density at radius 2 is 2.07 bits per heavy atom. The largest absolute Gasteiger partial charge is 0.478 e. The van der Waals surface area contributed by atoms with Crippen LogP contribution in [0.3, 0.4) is 0 Å². The summed E-state index contributed by atoms with van der Waals surface area (Å²) in [5, 5.41) is 0.975. The normalized spacial score (nSPS) is 15.8. The Balaban J connectivity index is 1.87. The average molecular weight is 419 g/mol. The molecule has 2 aromatic rings. The van der Waals surface area contributed by atoms with Crippen LogP contribution in [0.4, 0.5) is 5.69 Å². The second-order valence-corrected chi connectivity index (χ2v) is 8.08. The third-order valence-corrected chi connectivity index (χ3v) is 5.48. The number of ether oxygens (including phenoxy) is 3. The molecule has 29 heavy (non-hydrogen) atoms. The zero-order valence-electron chi connectivity index (χ0n) is 17.2. The van der Waals surface area contributed by atoms with Crippen LogP contribution in [0.15, 0.2) is 18.2 Å². The SMILES string of the molecule is CCOCCOC(=O)CN1C(=O)C(CC)Oc2ccc(-c3nc(C)sc3C)cc21. The number of esters is 1. The van der Waals surface area contributed by atoms with Crippen LogP contribution in [0.1, 0.15) is 30.2 Å². The van der Waals surface area contributed by atoms with E-state index in [0.717, 1.165) is 21.1 Å². The van der Waals surface area contributed by atoms with Gasteiger partial charge in [-0.3, -0.25) is 14.5 Å². The molecule has 0 fully saturated rings. The lowest BCUT2D eigenvalue weighted by Gasteiger charge is -2.33. The summed E-state index contributed by atoms with van der Waals surface area (Å²) in [5.74, 6) is -0.149. The zero-order valence-corrected chi connectivity index (χ0v) is 18.0. The van der Waals surface area contributed by atoms with Gasteiger partial charge in [-0.25, -0.2) is 4.98 Å². The van der Waals surface area contributed by atoms with Crippen molar-refractivity contribution >= 4 is 28.9 Å². The highest BCUT2D eigenvalue weighted by Crippen LogP contribution is 2.39. The molecule has 0 spiro atoms. The minimum absolute atomic E-state index is 0.159. The maximum absolute atomic E-state index is 12.9. The van der Waals surface area contributed by atoms with E-state index in [0.29, 0.717) is 31.1 Å². The lowest BCUT2D eigenvalue weighted by Crippen LogP contribution is -2.48. The Labute approximate surface area is 174 Å². The Hall–Kier alpha value is -2.45. The minimum atomic E-state index is -0.618. The molecule has 1 aromatic heterocycles. The van der Waals surface area contributed by atoms with Gasteiger partial charge in [0.05, 0.1) is 23.0 Å². The van der Waals surface area contributed by atoms with Crippen molar-refractivity contribution in [2.45, 2.75) is 40.2 Å². The summed E-state index contributed by atoms with van der Waals surface area (Å²) in [7, 11) is 0. The van der Waals surface area contributed by atoms with E-state index in [1.807, 2.05) is 45.9 Å². The van der Waals surface area contributed by atoms with Gasteiger partial charge in [0.2, 0.25) is 0 Å². The molecule has 0 aliphatic carbocycles. The number of hydrogen-bond acceptors (Lipinski definition) is 7. The first-order valence-corrected chi connectivity index (χ1v) is 10.6. The molecule has 1 aromatic carbocycles. The maximum atomic E-state index is 12.9. The number of rotatable bonds is 8. The molecule has 1 aliphatic rings. The number of carbonyl (C=O) groups is 2. The molecule has 0 N–H and O–H groups in total. The predicted molar refractivity (Wildman–Crippen MR) is 112 cm³/mol. The highest BCUT2D eigenvalue weighted by atomic mass is 32.1. The monoisotopic (exact) mass is 418 g/mol. The number of hydrogen-bond donors (Lipinski definition) is 0. The van der Waals surface area contributed by atoms with Crippen molar-refractivity contribution in [1.29, 1.82) is 0 Å². The number of anilines is 1. The number of thiazole rings is 1. The maximum Gasteiger partial charge on any atom is 0.326 e. The molecule has 0 radical (unpaired) electrons. The molecule has 156 valence electrons. The van der Waals surface area contributed by atoms with Crippen molar-refractivity contribution in [3.63, 3.8) is 0 Å². The quantitative estimate of drug-likeness (QED) is 0.482. The number of amides is 1. The summed E-state index contributed by atoms with van der Waals surface area (Å²) >= 11 is 1.62. The van der Waals surface area contributed by atoms with Gasteiger partial charge in [0.15, 0.2) is 6.10 Å². The highest BCUT2D eigenvalue weighted by molar-refractivity contribution is 7.11. The smallest absolute Gasteiger partial charge is 0.326 e. The fraction of sp³-hybridized carbons (Fsp3) is 0.476. The van der Waals surface area contributed by atoms with Crippen molar-refractivity contribution < 1.29 is 23.8 Å². The minimum Gasteiger partial charge on any atom is -0.478 e. The van der Waals surface area contributed by atoms with Crippen molar-refractivity contribution in [3.8, 4) is 17.0 Å². The topological polar surface area (TPSA) is 78.0 Å². The van der Waals surface area contributed by atoms with Gasteiger partial charge in [0.1, 0.15) is 18.9 Å². The Kier molecular flexibility index (Phi) is 6.87. The summed E-state index contributed by atoms with van der Waals surface area (Å²) in [6.07, 6.45) is -0.104. The standard InChI is InChI=1S/C21H26N2O5S/c1-5-17-21(25)23(12-19(24)27-10-9-26-6-2)16-11-15(7-8-18(16)28-17)20-13(3)29-14(4)22-20/h7-8,11,17H,5-6,9-10,12H2,1-4H3. The first kappa shape index (κ1) is 21.3. The van der Waals surface area contributed by atoms with Gasteiger partial charge in [0.25, 0.3) is 5.91 Å². The third kappa shape index (κ3) is 4.76. The summed E-state index contributed by atoms with van der Waals surface area (Å²) in [6.45, 7) is 8.61. The van der Waals surface area contributed by atoms with Gasteiger partial charge < -0.3 is 14.2 Å². The van der Waals surface area contributed by atoms with Crippen LogP contribution in [0.5, 0.6) is 5.75 Å². The molecule has 0 saturated carbocycles. The van der Waals surface area contributed by atoms with Crippen LogP contribution < -0.4 is 9.64 Å². The fourth-order valence-electron chi connectivity index (χ4n) is 3.22.